The van der Waals surface area contributed by atoms with E-state index >= 15 is 0 Å². The summed E-state index contributed by atoms with van der Waals surface area (Å²) in [6.07, 6.45) is 13.5. The first kappa shape index (κ1) is 24.6. The Morgan fingerprint density at radius 3 is 2.73 bits per heavy atom. The number of aliphatic hydroxyl groups excluding tert-OH is 1. The van der Waals surface area contributed by atoms with E-state index in [4.69, 9.17) is 18.6 Å². The van der Waals surface area contributed by atoms with E-state index in [1.807, 2.05) is 13.0 Å². The summed E-state index contributed by atoms with van der Waals surface area (Å²) in [5.41, 5.74) is 3.04. The molecular weight excluding hydrogens is 424 g/mol. The van der Waals surface area contributed by atoms with Gasteiger partial charge >= 0.3 is 11.9 Å². The minimum Gasteiger partial charge on any atom is -0.504 e. The van der Waals surface area contributed by atoms with Crippen molar-refractivity contribution < 1.29 is 33.3 Å². The molecule has 178 valence electrons. The van der Waals surface area contributed by atoms with Gasteiger partial charge in [0, 0.05) is 19.1 Å². The smallest absolute Gasteiger partial charge is 0.343 e. The van der Waals surface area contributed by atoms with Gasteiger partial charge in [-0.05, 0) is 75.7 Å². The number of ether oxygens (including phenoxy) is 3. The van der Waals surface area contributed by atoms with Crippen LogP contribution < -0.4 is 0 Å². The van der Waals surface area contributed by atoms with Gasteiger partial charge in [-0.1, -0.05) is 18.6 Å². The molecule has 0 radical (unpaired) electrons. The number of hydrogen-bond acceptors (Lipinski definition) is 7. The second-order valence-corrected chi connectivity index (χ2v) is 8.74. The highest BCUT2D eigenvalue weighted by atomic mass is 16.7. The number of allylic oxidation sites excluding steroid dienone is 3. The van der Waals surface area contributed by atoms with Crippen molar-refractivity contribution in [3.8, 4) is 0 Å². The lowest BCUT2D eigenvalue weighted by molar-refractivity contribution is -0.188. The predicted octanol–water partition coefficient (Wildman–Crippen LogP) is 5.45. The van der Waals surface area contributed by atoms with Crippen LogP contribution in [0.15, 0.2) is 69.5 Å². The van der Waals surface area contributed by atoms with Crippen LogP contribution in [0.3, 0.4) is 0 Å². The summed E-state index contributed by atoms with van der Waals surface area (Å²) in [7, 11) is 1.53. The van der Waals surface area contributed by atoms with Gasteiger partial charge in [-0.15, -0.1) is 0 Å². The normalized spacial score (nSPS) is 23.2. The molecule has 1 N–H and O–H groups in total. The molecule has 2 aliphatic heterocycles. The monoisotopic (exact) mass is 456 g/mol. The van der Waals surface area contributed by atoms with Crippen molar-refractivity contribution in [2.75, 3.05) is 7.11 Å². The van der Waals surface area contributed by atoms with Crippen LogP contribution in [-0.4, -0.2) is 29.9 Å². The van der Waals surface area contributed by atoms with E-state index in [2.05, 4.69) is 13.0 Å². The standard InChI is InChI=1S/C26H32O7/c1-17(7-5-9-18(2)13-22-23(27)19(3)24(28)32-22)8-6-10-21-15-26(30-4,33-25(21)29)14-20-11-12-31-16-20/h7,11-13,15-16,18,27H,5-6,8-10,14H2,1-4H3/b17-7-,22-13-. The second-order valence-electron chi connectivity index (χ2n) is 8.74. The summed E-state index contributed by atoms with van der Waals surface area (Å²) in [6, 6.07) is 1.83. The highest BCUT2D eigenvalue weighted by Crippen LogP contribution is 2.32. The van der Waals surface area contributed by atoms with Crippen LogP contribution in [0.5, 0.6) is 0 Å². The first-order valence-electron chi connectivity index (χ1n) is 11.2. The molecule has 1 aromatic heterocycles. The molecular formula is C26H32O7. The lowest BCUT2D eigenvalue weighted by atomic mass is 10.00. The minimum absolute atomic E-state index is 0.0689. The van der Waals surface area contributed by atoms with Crippen LogP contribution >= 0.6 is 0 Å². The molecule has 3 rings (SSSR count). The summed E-state index contributed by atoms with van der Waals surface area (Å²) in [6.45, 7) is 5.65. The lowest BCUT2D eigenvalue weighted by Crippen LogP contribution is -2.33. The Morgan fingerprint density at radius 1 is 1.30 bits per heavy atom. The number of methoxy groups -OCH3 is 1. The number of carbonyl (C=O) groups is 2. The maximum absolute atomic E-state index is 12.3. The molecule has 7 heteroatoms. The van der Waals surface area contributed by atoms with E-state index in [0.29, 0.717) is 18.4 Å². The molecule has 0 aromatic carbocycles. The van der Waals surface area contributed by atoms with Crippen LogP contribution in [0.1, 0.15) is 58.4 Å². The third kappa shape index (κ3) is 6.26. The van der Waals surface area contributed by atoms with Crippen molar-refractivity contribution in [2.24, 2.45) is 5.92 Å². The Bertz CT molecular complexity index is 994. The van der Waals surface area contributed by atoms with Crippen molar-refractivity contribution in [1.82, 2.24) is 0 Å². The average Bonchev–Trinajstić information content (AvgIpc) is 3.45. The Labute approximate surface area is 194 Å². The zero-order valence-electron chi connectivity index (χ0n) is 19.7. The van der Waals surface area contributed by atoms with Crippen LogP contribution in [0.25, 0.3) is 0 Å². The van der Waals surface area contributed by atoms with Crippen molar-refractivity contribution >= 4 is 11.9 Å². The molecule has 0 aliphatic carbocycles. The third-order valence-corrected chi connectivity index (χ3v) is 5.96. The summed E-state index contributed by atoms with van der Waals surface area (Å²) < 4.78 is 21.2. The highest BCUT2D eigenvalue weighted by molar-refractivity contribution is 5.93. The van der Waals surface area contributed by atoms with Gasteiger partial charge in [-0.25, -0.2) is 9.59 Å². The lowest BCUT2D eigenvalue weighted by Gasteiger charge is -2.23. The maximum atomic E-state index is 12.3. The van der Waals surface area contributed by atoms with Crippen LogP contribution in [0.2, 0.25) is 0 Å². The number of furan rings is 1. The Kier molecular flexibility index (Phi) is 7.97. The number of aliphatic hydroxyl groups is 1. The summed E-state index contributed by atoms with van der Waals surface area (Å²) in [5, 5.41) is 9.91. The largest absolute Gasteiger partial charge is 0.504 e. The molecule has 0 bridgehead atoms. The predicted molar refractivity (Wildman–Crippen MR) is 122 cm³/mol. The third-order valence-electron chi connectivity index (χ3n) is 5.96. The van der Waals surface area contributed by atoms with Gasteiger partial charge in [0.05, 0.1) is 18.1 Å². The number of esters is 2. The molecule has 1 aromatic rings. The molecule has 0 spiro atoms. The summed E-state index contributed by atoms with van der Waals surface area (Å²) in [4.78, 5) is 23.8. The van der Waals surface area contributed by atoms with Gasteiger partial charge in [-0.3, -0.25) is 0 Å². The molecule has 33 heavy (non-hydrogen) atoms. The fraction of sp³-hybridized carbons (Fsp3) is 0.462. The van der Waals surface area contributed by atoms with Crippen molar-refractivity contribution in [1.29, 1.82) is 0 Å². The Morgan fingerprint density at radius 2 is 2.09 bits per heavy atom. The zero-order chi connectivity index (χ0) is 24.0. The van der Waals surface area contributed by atoms with Gasteiger partial charge in [-0.2, -0.15) is 0 Å². The number of hydrogen-bond donors (Lipinski definition) is 1. The van der Waals surface area contributed by atoms with E-state index in [1.165, 1.54) is 12.7 Å². The topological polar surface area (TPSA) is 95.2 Å². The molecule has 0 amide bonds. The number of rotatable bonds is 11. The van der Waals surface area contributed by atoms with Crippen LogP contribution in [-0.2, 0) is 30.2 Å². The zero-order valence-corrected chi connectivity index (χ0v) is 19.7. The highest BCUT2D eigenvalue weighted by Gasteiger charge is 2.40. The van der Waals surface area contributed by atoms with Crippen LogP contribution in [0.4, 0.5) is 0 Å². The molecule has 3 heterocycles. The molecule has 0 saturated heterocycles. The van der Waals surface area contributed by atoms with Crippen molar-refractivity contribution in [3.63, 3.8) is 0 Å². The average molecular weight is 457 g/mol. The van der Waals surface area contributed by atoms with Gasteiger partial charge in [0.15, 0.2) is 11.5 Å². The molecule has 7 nitrogen and oxygen atoms in total. The molecule has 2 atom stereocenters. The molecule has 0 saturated carbocycles. The van der Waals surface area contributed by atoms with Gasteiger partial charge in [0.25, 0.3) is 0 Å². The molecule has 0 fully saturated rings. The first-order valence-corrected chi connectivity index (χ1v) is 11.2. The van der Waals surface area contributed by atoms with Gasteiger partial charge in [0.1, 0.15) is 0 Å². The second kappa shape index (κ2) is 10.7. The quantitative estimate of drug-likeness (QED) is 0.349. The van der Waals surface area contributed by atoms with E-state index in [-0.39, 0.29) is 29.0 Å². The fourth-order valence-electron chi connectivity index (χ4n) is 3.90. The first-order chi connectivity index (χ1) is 15.7. The van der Waals surface area contributed by atoms with E-state index in [0.717, 1.165) is 31.2 Å². The number of carbonyl (C=O) groups excluding carboxylic acids is 2. The number of cyclic esters (lactones) is 2. The van der Waals surface area contributed by atoms with Gasteiger partial charge in [0.2, 0.25) is 5.79 Å². The van der Waals surface area contributed by atoms with E-state index < -0.39 is 11.8 Å². The van der Waals surface area contributed by atoms with Crippen molar-refractivity contribution in [2.45, 2.75) is 65.1 Å². The van der Waals surface area contributed by atoms with Crippen molar-refractivity contribution in [3.05, 3.63) is 70.6 Å². The fourth-order valence-corrected chi connectivity index (χ4v) is 3.90. The van der Waals surface area contributed by atoms with E-state index in [9.17, 15) is 14.7 Å². The summed E-state index contributed by atoms with van der Waals surface area (Å²) >= 11 is 0. The summed E-state index contributed by atoms with van der Waals surface area (Å²) in [5.74, 6) is -1.55. The van der Waals surface area contributed by atoms with Crippen LogP contribution in [0, 0.1) is 5.92 Å². The minimum atomic E-state index is -1.07. The van der Waals surface area contributed by atoms with Gasteiger partial charge < -0.3 is 23.7 Å². The SMILES string of the molecule is COC1(Cc2ccoc2)C=C(CCC/C(C)=C\CCC(C)/C=C2\OC(=O)C(C)=C2O)C(=O)O1. The molecule has 2 unspecified atom stereocenters. The Balaban J connectivity index is 1.44. The van der Waals surface area contributed by atoms with E-state index in [1.54, 1.807) is 31.6 Å². The molecule has 2 aliphatic rings. The Hall–Kier alpha value is -3.06. The maximum Gasteiger partial charge on any atom is 0.343 e.